The summed E-state index contributed by atoms with van der Waals surface area (Å²) in [6.07, 6.45) is 7.08. The minimum Gasteiger partial charge on any atom is -0.432 e. The Kier molecular flexibility index (Phi) is 13.9. The lowest BCUT2D eigenvalue weighted by Gasteiger charge is -2.13. The smallest absolute Gasteiger partial charge is 0.432 e. The molecule has 0 fully saturated rings. The highest BCUT2D eigenvalue weighted by Crippen LogP contribution is 2.42. The molecule has 8 nitrogen and oxygen atoms in total. The Labute approximate surface area is 191 Å². The van der Waals surface area contributed by atoms with E-state index in [2.05, 4.69) is 23.0 Å². The van der Waals surface area contributed by atoms with Crippen molar-refractivity contribution >= 4 is 25.3 Å². The van der Waals surface area contributed by atoms with Crippen LogP contribution in [0.4, 0.5) is 10.5 Å². The molecule has 32 heavy (non-hydrogen) atoms. The number of amides is 1. The van der Waals surface area contributed by atoms with E-state index in [1.165, 1.54) is 37.7 Å². The Bertz CT molecular complexity index is 739. The van der Waals surface area contributed by atoms with Crippen molar-refractivity contribution in [2.24, 2.45) is 0 Å². The molecular weight excluding hydrogens is 433 g/mol. The van der Waals surface area contributed by atoms with Crippen molar-refractivity contribution in [3.63, 3.8) is 0 Å². The van der Waals surface area contributed by atoms with Gasteiger partial charge in [-0.3, -0.25) is 13.9 Å². The van der Waals surface area contributed by atoms with Crippen molar-refractivity contribution in [3.8, 4) is 0 Å². The number of unbranched alkanes of at least 4 members (excludes halogenated alkanes) is 5. The van der Waals surface area contributed by atoms with E-state index in [9.17, 15) is 19.0 Å². The number of hydrogen-bond donors (Lipinski definition) is 2. The van der Waals surface area contributed by atoms with Gasteiger partial charge in [0.15, 0.2) is 0 Å². The summed E-state index contributed by atoms with van der Waals surface area (Å²) in [5.41, 5.74) is 1.90. The summed E-state index contributed by atoms with van der Waals surface area (Å²) in [6, 6.07) is 7.77. The SMILES string of the molecule is CCCCCCCCc1cccc(NC(=O)CCCP(=O)(O)OCOC(=O)OC(C)C)c1. The van der Waals surface area contributed by atoms with Crippen LogP contribution in [0.15, 0.2) is 24.3 Å². The Morgan fingerprint density at radius 1 is 1.09 bits per heavy atom. The van der Waals surface area contributed by atoms with Gasteiger partial charge in [0.2, 0.25) is 12.7 Å². The lowest BCUT2D eigenvalue weighted by molar-refractivity contribution is -0.116. The van der Waals surface area contributed by atoms with Gasteiger partial charge in [-0.2, -0.15) is 0 Å². The third kappa shape index (κ3) is 14.2. The highest BCUT2D eigenvalue weighted by Gasteiger charge is 2.21. The zero-order valence-electron chi connectivity index (χ0n) is 19.5. The van der Waals surface area contributed by atoms with Gasteiger partial charge < -0.3 is 19.7 Å². The van der Waals surface area contributed by atoms with Crippen LogP contribution in [-0.4, -0.2) is 36.0 Å². The van der Waals surface area contributed by atoms with Crippen molar-refractivity contribution in [3.05, 3.63) is 29.8 Å². The summed E-state index contributed by atoms with van der Waals surface area (Å²) in [7, 11) is -3.97. The third-order valence-electron chi connectivity index (χ3n) is 4.64. The number of ether oxygens (including phenoxy) is 2. The Morgan fingerprint density at radius 3 is 2.53 bits per heavy atom. The van der Waals surface area contributed by atoms with Crippen LogP contribution in [0, 0.1) is 0 Å². The van der Waals surface area contributed by atoms with E-state index in [1.807, 2.05) is 18.2 Å². The predicted octanol–water partition coefficient (Wildman–Crippen LogP) is 6.03. The highest BCUT2D eigenvalue weighted by atomic mass is 31.2. The molecule has 0 aromatic heterocycles. The van der Waals surface area contributed by atoms with E-state index in [1.54, 1.807) is 13.8 Å². The van der Waals surface area contributed by atoms with Crippen molar-refractivity contribution in [2.45, 2.75) is 84.7 Å². The molecule has 0 saturated heterocycles. The molecule has 0 saturated carbocycles. The second kappa shape index (κ2) is 15.8. The minimum absolute atomic E-state index is 0.0752. The first-order chi connectivity index (χ1) is 15.2. The minimum atomic E-state index is -3.97. The van der Waals surface area contributed by atoms with Crippen molar-refractivity contribution in [1.82, 2.24) is 0 Å². The van der Waals surface area contributed by atoms with Gasteiger partial charge in [-0.1, -0.05) is 51.2 Å². The lowest BCUT2D eigenvalue weighted by Crippen LogP contribution is -2.15. The molecule has 1 aromatic carbocycles. The number of aryl methyl sites for hydroxylation is 1. The maximum atomic E-state index is 12.2. The van der Waals surface area contributed by atoms with E-state index in [0.29, 0.717) is 0 Å². The zero-order chi connectivity index (χ0) is 23.8. The van der Waals surface area contributed by atoms with Crippen LogP contribution < -0.4 is 5.32 Å². The summed E-state index contributed by atoms with van der Waals surface area (Å²) in [5, 5.41) is 2.83. The molecule has 0 aliphatic carbocycles. The number of rotatable bonds is 16. The molecule has 2 N–H and O–H groups in total. The predicted molar refractivity (Wildman–Crippen MR) is 125 cm³/mol. The number of carbonyl (C=O) groups excluding carboxylic acids is 2. The average Bonchev–Trinajstić information content (AvgIpc) is 2.70. The van der Waals surface area contributed by atoms with Crippen molar-refractivity contribution in [2.75, 3.05) is 18.3 Å². The number of anilines is 1. The molecule has 0 aliphatic heterocycles. The van der Waals surface area contributed by atoms with Crippen LogP contribution in [-0.2, 0) is 29.8 Å². The second-order valence-electron chi connectivity index (χ2n) is 8.04. The molecule has 1 amide bonds. The molecule has 1 unspecified atom stereocenters. The van der Waals surface area contributed by atoms with Crippen LogP contribution in [0.5, 0.6) is 0 Å². The van der Waals surface area contributed by atoms with Crippen LogP contribution in [0.25, 0.3) is 0 Å². The normalized spacial score (nSPS) is 12.9. The van der Waals surface area contributed by atoms with Crippen LogP contribution in [0.3, 0.4) is 0 Å². The van der Waals surface area contributed by atoms with E-state index in [0.717, 1.165) is 18.5 Å². The molecule has 0 aliphatic rings. The summed E-state index contributed by atoms with van der Waals surface area (Å²) < 4.78 is 26.0. The van der Waals surface area contributed by atoms with E-state index in [4.69, 9.17) is 9.26 Å². The van der Waals surface area contributed by atoms with Crippen LogP contribution >= 0.6 is 7.60 Å². The van der Waals surface area contributed by atoms with Crippen molar-refractivity contribution in [1.29, 1.82) is 0 Å². The van der Waals surface area contributed by atoms with E-state index < -0.39 is 20.5 Å². The molecule has 0 bridgehead atoms. The van der Waals surface area contributed by atoms with Gasteiger partial charge >= 0.3 is 13.8 Å². The molecule has 1 aromatic rings. The largest absolute Gasteiger partial charge is 0.510 e. The molecule has 0 heterocycles. The summed E-state index contributed by atoms with van der Waals surface area (Å²) in [6.45, 7) is 4.82. The molecule has 0 spiro atoms. The quantitative estimate of drug-likeness (QED) is 0.131. The zero-order valence-corrected chi connectivity index (χ0v) is 20.4. The number of nitrogens with one attached hydrogen (secondary N) is 1. The van der Waals surface area contributed by atoms with Gasteiger partial charge in [-0.05, 0) is 50.8 Å². The van der Waals surface area contributed by atoms with E-state index in [-0.39, 0.29) is 31.0 Å². The molecule has 0 radical (unpaired) electrons. The molecule has 1 atom stereocenters. The monoisotopic (exact) mass is 471 g/mol. The first kappa shape index (κ1) is 28.1. The fourth-order valence-electron chi connectivity index (χ4n) is 3.02. The standard InChI is InChI=1S/C23H38NO7P/c1-4-5-6-7-8-9-12-20-13-10-14-21(17-20)24-22(25)15-11-16-32(27,28)30-18-29-23(26)31-19(2)3/h10,13-14,17,19H,4-9,11-12,15-16,18H2,1-3H3,(H,24,25)(H,27,28). The lowest BCUT2D eigenvalue weighted by atomic mass is 10.0. The Morgan fingerprint density at radius 2 is 1.81 bits per heavy atom. The summed E-state index contributed by atoms with van der Waals surface area (Å²) in [5.74, 6) is -0.238. The summed E-state index contributed by atoms with van der Waals surface area (Å²) >= 11 is 0. The first-order valence-corrected chi connectivity index (χ1v) is 13.2. The topological polar surface area (TPSA) is 111 Å². The Hall–Kier alpha value is -1.89. The number of hydrogen-bond acceptors (Lipinski definition) is 6. The molecule has 182 valence electrons. The fraction of sp³-hybridized carbons (Fsp3) is 0.652. The first-order valence-electron chi connectivity index (χ1n) is 11.4. The number of benzene rings is 1. The van der Waals surface area contributed by atoms with Crippen LogP contribution in [0.1, 0.15) is 77.7 Å². The van der Waals surface area contributed by atoms with Gasteiger partial charge in [0.1, 0.15) is 0 Å². The van der Waals surface area contributed by atoms with Gasteiger partial charge in [0.25, 0.3) is 0 Å². The third-order valence-corrected chi connectivity index (χ3v) is 6.03. The Balaban J connectivity index is 2.28. The molecule has 1 rings (SSSR count). The van der Waals surface area contributed by atoms with Gasteiger partial charge in [0.05, 0.1) is 12.3 Å². The van der Waals surface area contributed by atoms with E-state index >= 15 is 0 Å². The highest BCUT2D eigenvalue weighted by molar-refractivity contribution is 7.52. The molecular formula is C23H38NO7P. The molecule has 9 heteroatoms. The maximum absolute atomic E-state index is 12.2. The maximum Gasteiger partial charge on any atom is 0.510 e. The summed E-state index contributed by atoms with van der Waals surface area (Å²) in [4.78, 5) is 33.1. The fourth-order valence-corrected chi connectivity index (χ4v) is 3.93. The average molecular weight is 472 g/mol. The van der Waals surface area contributed by atoms with Gasteiger partial charge in [-0.25, -0.2) is 4.79 Å². The van der Waals surface area contributed by atoms with Crippen LogP contribution in [0.2, 0.25) is 0 Å². The second-order valence-corrected chi connectivity index (χ2v) is 10.0. The number of carbonyl (C=O) groups is 2. The van der Waals surface area contributed by atoms with Gasteiger partial charge in [0, 0.05) is 12.1 Å². The van der Waals surface area contributed by atoms with Gasteiger partial charge in [-0.15, -0.1) is 0 Å². The van der Waals surface area contributed by atoms with Crippen molar-refractivity contribution < 1.29 is 33.0 Å².